The van der Waals surface area contributed by atoms with E-state index in [2.05, 4.69) is 34.7 Å². The van der Waals surface area contributed by atoms with Gasteiger partial charge in [-0.15, -0.1) is 0 Å². The van der Waals surface area contributed by atoms with E-state index in [0.717, 1.165) is 22.3 Å². The van der Waals surface area contributed by atoms with Crippen LogP contribution in [-0.4, -0.2) is 57.0 Å². The highest BCUT2D eigenvalue weighted by atomic mass is 16.5. The van der Waals surface area contributed by atoms with E-state index in [1.807, 2.05) is 24.3 Å². The Kier molecular flexibility index (Phi) is 5.55. The fraction of sp³-hybridized carbons (Fsp3) is 0.308. The highest BCUT2D eigenvalue weighted by Gasteiger charge is 2.56. The minimum atomic E-state index is -1.17. The summed E-state index contributed by atoms with van der Waals surface area (Å²) in [7, 11) is 3.09. The molecule has 0 aliphatic heterocycles. The van der Waals surface area contributed by atoms with Crippen molar-refractivity contribution in [3.05, 3.63) is 77.1 Å². The van der Waals surface area contributed by atoms with Crippen LogP contribution in [0.15, 0.2) is 54.7 Å². The lowest BCUT2D eigenvalue weighted by Crippen LogP contribution is -2.45. The summed E-state index contributed by atoms with van der Waals surface area (Å²) >= 11 is 0. The largest absolute Gasteiger partial charge is 0.479 e. The van der Waals surface area contributed by atoms with Gasteiger partial charge < -0.3 is 20.1 Å². The maximum absolute atomic E-state index is 13.1. The number of carboxylic acid groups (broad SMARTS) is 1. The number of amides is 2. The van der Waals surface area contributed by atoms with Crippen molar-refractivity contribution in [2.45, 2.75) is 30.8 Å². The van der Waals surface area contributed by atoms with Gasteiger partial charge in [-0.05, 0) is 35.1 Å². The van der Waals surface area contributed by atoms with E-state index in [9.17, 15) is 19.5 Å². The Morgan fingerprint density at radius 3 is 2.29 bits per heavy atom. The summed E-state index contributed by atoms with van der Waals surface area (Å²) in [6.07, 6.45) is 1.71. The van der Waals surface area contributed by atoms with Crippen molar-refractivity contribution in [2.75, 3.05) is 13.7 Å². The highest BCUT2D eigenvalue weighted by Crippen LogP contribution is 2.44. The van der Waals surface area contributed by atoms with E-state index < -0.39 is 23.5 Å². The summed E-state index contributed by atoms with van der Waals surface area (Å²) in [4.78, 5) is 38.5. The number of carbonyl (C=O) groups excluding carboxylic acids is 2. The normalized spacial score (nSPS) is 15.1. The Morgan fingerprint density at radius 2 is 1.71 bits per heavy atom. The van der Waals surface area contributed by atoms with Gasteiger partial charge in [-0.25, -0.2) is 9.59 Å². The van der Waals surface area contributed by atoms with Crippen molar-refractivity contribution in [1.82, 2.24) is 20.0 Å². The highest BCUT2D eigenvalue weighted by molar-refractivity contribution is 5.98. The average molecular weight is 475 g/mol. The van der Waals surface area contributed by atoms with E-state index in [-0.39, 0.29) is 24.8 Å². The van der Waals surface area contributed by atoms with Crippen LogP contribution < -0.4 is 5.32 Å². The lowest BCUT2D eigenvalue weighted by atomic mass is 9.98. The number of hydrogen-bond acceptors (Lipinski definition) is 5. The average Bonchev–Trinajstić information content (AvgIpc) is 3.51. The van der Waals surface area contributed by atoms with Crippen molar-refractivity contribution in [3.63, 3.8) is 0 Å². The van der Waals surface area contributed by atoms with Gasteiger partial charge in [0, 0.05) is 25.6 Å². The second-order valence-electron chi connectivity index (χ2n) is 9.02. The zero-order valence-corrected chi connectivity index (χ0v) is 19.5. The number of benzene rings is 2. The molecule has 2 amide bonds. The van der Waals surface area contributed by atoms with Gasteiger partial charge in [-0.3, -0.25) is 9.48 Å². The molecule has 1 heterocycles. The minimum absolute atomic E-state index is 0.0273. The molecule has 3 aromatic rings. The van der Waals surface area contributed by atoms with Crippen LogP contribution in [0, 0.1) is 0 Å². The van der Waals surface area contributed by atoms with Crippen LogP contribution in [-0.2, 0) is 23.1 Å². The molecule has 5 rings (SSSR count). The Balaban J connectivity index is 1.24. The number of nitrogens with one attached hydrogen (secondary N) is 1. The van der Waals surface area contributed by atoms with Crippen LogP contribution in [0.2, 0.25) is 0 Å². The number of aliphatic carboxylic acids is 1. The first-order chi connectivity index (χ1) is 16.8. The number of aryl methyl sites for hydroxylation is 1. The first kappa shape index (κ1) is 22.6. The van der Waals surface area contributed by atoms with Gasteiger partial charge in [0.15, 0.2) is 0 Å². The number of alkyl carbamates (subject to hydrolysis) is 1. The predicted molar refractivity (Wildman–Crippen MR) is 127 cm³/mol. The molecule has 0 bridgehead atoms. The van der Waals surface area contributed by atoms with Gasteiger partial charge in [0.2, 0.25) is 0 Å². The molecule has 9 heteroatoms. The van der Waals surface area contributed by atoms with Gasteiger partial charge in [0.25, 0.3) is 5.91 Å². The third-order valence-electron chi connectivity index (χ3n) is 7.05. The second-order valence-corrected chi connectivity index (χ2v) is 9.02. The van der Waals surface area contributed by atoms with Crippen molar-refractivity contribution >= 4 is 18.0 Å². The standard InChI is InChI=1S/C26H26N4O5/c1-29(26(11-12-26)24(32)33)23(31)22-16(14-28-30(22)2)13-27-25(34)35-15-21-19-9-5-3-7-17(19)18-8-4-6-10-20(18)21/h3-10,14,21H,11-13,15H2,1-2H3,(H,27,34)(H,32,33). The maximum atomic E-state index is 13.1. The zero-order chi connectivity index (χ0) is 24.7. The van der Waals surface area contributed by atoms with Gasteiger partial charge in [0.1, 0.15) is 17.8 Å². The predicted octanol–water partition coefficient (Wildman–Crippen LogP) is 3.15. The second kappa shape index (κ2) is 8.57. The fourth-order valence-corrected chi connectivity index (χ4v) is 4.87. The van der Waals surface area contributed by atoms with E-state index in [0.29, 0.717) is 18.4 Å². The number of carbonyl (C=O) groups is 3. The van der Waals surface area contributed by atoms with Crippen molar-refractivity contribution in [2.24, 2.45) is 7.05 Å². The Labute approximate surface area is 202 Å². The molecular formula is C26H26N4O5. The molecule has 0 saturated heterocycles. The molecule has 2 N–H and O–H groups in total. The molecular weight excluding hydrogens is 448 g/mol. The summed E-state index contributed by atoms with van der Waals surface area (Å²) in [5.41, 5.74) is 4.09. The molecule has 0 atom stereocenters. The fourth-order valence-electron chi connectivity index (χ4n) is 4.87. The van der Waals surface area contributed by atoms with Crippen LogP contribution in [0.5, 0.6) is 0 Å². The van der Waals surface area contributed by atoms with E-state index >= 15 is 0 Å². The van der Waals surface area contributed by atoms with Gasteiger partial charge in [-0.1, -0.05) is 48.5 Å². The molecule has 2 aromatic carbocycles. The van der Waals surface area contributed by atoms with E-state index in [1.165, 1.54) is 22.8 Å². The molecule has 0 spiro atoms. The number of likely N-dealkylation sites (N-methyl/N-ethyl adjacent to an activating group) is 1. The molecule has 35 heavy (non-hydrogen) atoms. The summed E-state index contributed by atoms with van der Waals surface area (Å²) in [6, 6.07) is 16.2. The number of rotatable bonds is 7. The summed E-state index contributed by atoms with van der Waals surface area (Å²) in [5.74, 6) is -1.52. The molecule has 1 fully saturated rings. The van der Waals surface area contributed by atoms with Gasteiger partial charge in [0.05, 0.1) is 12.7 Å². The topological polar surface area (TPSA) is 114 Å². The third kappa shape index (κ3) is 3.82. The Bertz CT molecular complexity index is 1280. The molecule has 1 saturated carbocycles. The molecule has 0 unspecified atom stereocenters. The minimum Gasteiger partial charge on any atom is -0.479 e. The lowest BCUT2D eigenvalue weighted by molar-refractivity contribution is -0.143. The number of fused-ring (bicyclic) bond motifs is 3. The summed E-state index contributed by atoms with van der Waals surface area (Å²) in [5, 5.41) is 16.3. The lowest BCUT2D eigenvalue weighted by Gasteiger charge is -2.25. The molecule has 1 aromatic heterocycles. The number of nitrogens with zero attached hydrogens (tertiary/aromatic N) is 3. The smallest absolute Gasteiger partial charge is 0.407 e. The van der Waals surface area contributed by atoms with E-state index in [1.54, 1.807) is 7.05 Å². The SMILES string of the molecule is CN(C(=O)c1c(CNC(=O)OCC2c3ccccc3-c3ccccc32)cnn1C)C1(C(=O)O)CC1. The molecule has 0 radical (unpaired) electrons. The van der Waals surface area contributed by atoms with Crippen molar-refractivity contribution < 1.29 is 24.2 Å². The molecule has 2 aliphatic rings. The van der Waals surface area contributed by atoms with Crippen molar-refractivity contribution in [3.8, 4) is 11.1 Å². The first-order valence-electron chi connectivity index (χ1n) is 11.4. The van der Waals surface area contributed by atoms with Gasteiger partial charge in [-0.2, -0.15) is 5.10 Å². The molecule has 180 valence electrons. The van der Waals surface area contributed by atoms with Crippen LogP contribution in [0.4, 0.5) is 4.79 Å². The van der Waals surface area contributed by atoms with Crippen LogP contribution >= 0.6 is 0 Å². The summed E-state index contributed by atoms with van der Waals surface area (Å²) < 4.78 is 6.96. The number of carboxylic acids is 1. The first-order valence-corrected chi connectivity index (χ1v) is 11.4. The monoisotopic (exact) mass is 474 g/mol. The Hall–Kier alpha value is -4.14. The zero-order valence-electron chi connectivity index (χ0n) is 19.5. The molecule has 9 nitrogen and oxygen atoms in total. The number of aromatic nitrogens is 2. The van der Waals surface area contributed by atoms with Crippen molar-refractivity contribution in [1.29, 1.82) is 0 Å². The van der Waals surface area contributed by atoms with Gasteiger partial charge >= 0.3 is 12.1 Å². The Morgan fingerprint density at radius 1 is 1.11 bits per heavy atom. The van der Waals surface area contributed by atoms with Crippen LogP contribution in [0.3, 0.4) is 0 Å². The summed E-state index contributed by atoms with van der Waals surface area (Å²) in [6.45, 7) is 0.210. The van der Waals surface area contributed by atoms with E-state index in [4.69, 9.17) is 4.74 Å². The van der Waals surface area contributed by atoms with Crippen LogP contribution in [0.1, 0.15) is 45.9 Å². The maximum Gasteiger partial charge on any atom is 0.407 e. The van der Waals surface area contributed by atoms with Crippen LogP contribution in [0.25, 0.3) is 11.1 Å². The number of hydrogen-bond donors (Lipinski definition) is 2. The quantitative estimate of drug-likeness (QED) is 0.544. The molecule has 2 aliphatic carbocycles. The number of ether oxygens (including phenoxy) is 1. The third-order valence-corrected chi connectivity index (χ3v) is 7.05.